The van der Waals surface area contributed by atoms with Crippen LogP contribution in [0.25, 0.3) is 0 Å². The Morgan fingerprint density at radius 1 is 1.46 bits per heavy atom. The van der Waals surface area contributed by atoms with Gasteiger partial charge in [0.15, 0.2) is 0 Å². The summed E-state index contributed by atoms with van der Waals surface area (Å²) in [6.45, 7) is 5.15. The van der Waals surface area contributed by atoms with E-state index in [1.54, 1.807) is 34.1 Å². The summed E-state index contributed by atoms with van der Waals surface area (Å²) in [6.07, 6.45) is 3.09. The van der Waals surface area contributed by atoms with Crippen molar-refractivity contribution in [3.63, 3.8) is 0 Å². The molecule has 0 bridgehead atoms. The summed E-state index contributed by atoms with van der Waals surface area (Å²) in [5.41, 5.74) is 1.20. The Kier molecular flexibility index (Phi) is 4.66. The molecule has 1 aliphatic heterocycles. The van der Waals surface area contributed by atoms with Gasteiger partial charge in [0.05, 0.1) is 23.9 Å². The highest BCUT2D eigenvalue weighted by molar-refractivity contribution is 5.94. The van der Waals surface area contributed by atoms with Crippen LogP contribution in [-0.2, 0) is 6.54 Å². The molecule has 2 atom stereocenters. The molecule has 2 unspecified atom stereocenters. The van der Waals surface area contributed by atoms with E-state index in [0.29, 0.717) is 23.5 Å². The summed E-state index contributed by atoms with van der Waals surface area (Å²) in [6, 6.07) is 5.88. The van der Waals surface area contributed by atoms with Crippen molar-refractivity contribution in [2.45, 2.75) is 39.0 Å². The number of β-amino-alcohol motifs (C(OH)–C–C–N with tert-alkyl or cyclic N) is 1. The second kappa shape index (κ2) is 6.73. The smallest absolute Gasteiger partial charge is 0.257 e. The number of aliphatic hydroxyl groups excluding tert-OH is 1. The monoisotopic (exact) mass is 331 g/mol. The van der Waals surface area contributed by atoms with Gasteiger partial charge in [-0.3, -0.25) is 9.48 Å². The zero-order chi connectivity index (χ0) is 17.3. The minimum atomic E-state index is -0.604. The van der Waals surface area contributed by atoms with E-state index in [1.165, 1.54) is 12.1 Å². The topological polar surface area (TPSA) is 58.4 Å². The molecule has 0 saturated carbocycles. The minimum Gasteiger partial charge on any atom is -0.391 e. The van der Waals surface area contributed by atoms with Gasteiger partial charge in [-0.15, -0.1) is 0 Å². The predicted molar refractivity (Wildman–Crippen MR) is 87.9 cm³/mol. The van der Waals surface area contributed by atoms with Crippen molar-refractivity contribution in [3.05, 3.63) is 53.6 Å². The molecule has 2 aromatic rings. The third-order valence-corrected chi connectivity index (χ3v) is 4.21. The Balaban J connectivity index is 1.83. The lowest BCUT2D eigenvalue weighted by Gasteiger charge is -2.24. The van der Waals surface area contributed by atoms with E-state index in [1.807, 2.05) is 0 Å². The molecule has 0 radical (unpaired) electrons. The Bertz CT molecular complexity index is 729. The molecular weight excluding hydrogens is 309 g/mol. The van der Waals surface area contributed by atoms with Gasteiger partial charge in [-0.2, -0.15) is 5.10 Å². The Morgan fingerprint density at radius 2 is 2.25 bits per heavy atom. The summed E-state index contributed by atoms with van der Waals surface area (Å²) in [4.78, 5) is 14.4. The molecule has 0 aliphatic carbocycles. The molecule has 5 nitrogen and oxygen atoms in total. The van der Waals surface area contributed by atoms with Crippen LogP contribution in [0.3, 0.4) is 0 Å². The van der Waals surface area contributed by atoms with Crippen LogP contribution in [0.15, 0.2) is 36.7 Å². The van der Waals surface area contributed by atoms with E-state index in [4.69, 9.17) is 0 Å². The second-order valence-electron chi connectivity index (χ2n) is 6.76. The summed E-state index contributed by atoms with van der Waals surface area (Å²) < 4.78 is 15.3. The van der Waals surface area contributed by atoms with Crippen LogP contribution in [0.2, 0.25) is 0 Å². The van der Waals surface area contributed by atoms with E-state index < -0.39 is 6.10 Å². The molecular formula is C18H22FN3O2. The first kappa shape index (κ1) is 16.6. The second-order valence-corrected chi connectivity index (χ2v) is 6.76. The molecule has 3 rings (SSSR count). The van der Waals surface area contributed by atoms with Gasteiger partial charge in [0.25, 0.3) is 5.91 Å². The average Bonchev–Trinajstić information content (AvgIpc) is 3.12. The fourth-order valence-corrected chi connectivity index (χ4v) is 3.18. The molecule has 6 heteroatoms. The molecule has 1 aromatic carbocycles. The van der Waals surface area contributed by atoms with E-state index in [2.05, 4.69) is 18.9 Å². The number of carbonyl (C=O) groups excluding carboxylic acids is 1. The van der Waals surface area contributed by atoms with Gasteiger partial charge in [0.1, 0.15) is 5.82 Å². The first-order valence-corrected chi connectivity index (χ1v) is 8.21. The lowest BCUT2D eigenvalue weighted by atomic mass is 10.0. The number of carbonyl (C=O) groups is 1. The highest BCUT2D eigenvalue weighted by Gasteiger charge is 2.36. The highest BCUT2D eigenvalue weighted by Crippen LogP contribution is 2.33. The lowest BCUT2D eigenvalue weighted by Crippen LogP contribution is -2.31. The summed E-state index contributed by atoms with van der Waals surface area (Å²) >= 11 is 0. The fraction of sp³-hybridized carbons (Fsp3) is 0.444. The third-order valence-electron chi connectivity index (χ3n) is 4.21. The number of nitrogens with zero attached hydrogens (tertiary/aromatic N) is 3. The first-order chi connectivity index (χ1) is 11.4. The molecule has 1 aromatic heterocycles. The van der Waals surface area contributed by atoms with E-state index in [-0.39, 0.29) is 24.3 Å². The zero-order valence-electron chi connectivity index (χ0n) is 13.9. The maximum absolute atomic E-state index is 13.5. The number of aromatic nitrogens is 2. The van der Waals surface area contributed by atoms with Gasteiger partial charge in [0.2, 0.25) is 0 Å². The number of likely N-dealkylation sites (tertiary alicyclic amines) is 1. The summed E-state index contributed by atoms with van der Waals surface area (Å²) in [5, 5.41) is 14.2. The van der Waals surface area contributed by atoms with Crippen LogP contribution in [-0.4, -0.2) is 38.3 Å². The molecule has 1 saturated heterocycles. The van der Waals surface area contributed by atoms with Gasteiger partial charge in [-0.05, 0) is 30.0 Å². The van der Waals surface area contributed by atoms with Crippen LogP contribution in [0.1, 0.15) is 42.2 Å². The van der Waals surface area contributed by atoms with Crippen LogP contribution in [0.4, 0.5) is 4.39 Å². The van der Waals surface area contributed by atoms with Crippen LogP contribution >= 0.6 is 0 Å². The maximum Gasteiger partial charge on any atom is 0.257 e. The molecule has 1 N–H and O–H groups in total. The Labute approximate surface area is 140 Å². The molecule has 24 heavy (non-hydrogen) atoms. The molecule has 0 spiro atoms. The number of halogens is 1. The Morgan fingerprint density at radius 3 is 2.96 bits per heavy atom. The number of aliphatic hydroxyl groups is 1. The number of hydrogen-bond acceptors (Lipinski definition) is 3. The van der Waals surface area contributed by atoms with Gasteiger partial charge >= 0.3 is 0 Å². The standard InChI is InChI=1S/C18H22FN3O2/c1-12(2)9-21-10-14(8-20-21)18(24)22-11-16(23)7-17(22)13-4-3-5-15(19)6-13/h3-6,8,10,12,16-17,23H,7,9,11H2,1-2H3. The van der Waals surface area contributed by atoms with Gasteiger partial charge in [-0.25, -0.2) is 4.39 Å². The molecule has 1 fully saturated rings. The van der Waals surface area contributed by atoms with Crippen LogP contribution < -0.4 is 0 Å². The molecule has 128 valence electrons. The number of rotatable bonds is 4. The van der Waals surface area contributed by atoms with Gasteiger partial charge in [-0.1, -0.05) is 26.0 Å². The Hall–Kier alpha value is -2.21. The van der Waals surface area contributed by atoms with Crippen molar-refractivity contribution in [1.82, 2.24) is 14.7 Å². The van der Waals surface area contributed by atoms with Crippen molar-refractivity contribution in [3.8, 4) is 0 Å². The fourth-order valence-electron chi connectivity index (χ4n) is 3.18. The van der Waals surface area contributed by atoms with Crippen molar-refractivity contribution in [2.24, 2.45) is 5.92 Å². The van der Waals surface area contributed by atoms with Crippen LogP contribution in [0.5, 0.6) is 0 Å². The van der Waals surface area contributed by atoms with Crippen molar-refractivity contribution < 1.29 is 14.3 Å². The molecule has 1 amide bonds. The van der Waals surface area contributed by atoms with Gasteiger partial charge in [0, 0.05) is 19.3 Å². The first-order valence-electron chi connectivity index (χ1n) is 8.21. The molecule has 2 heterocycles. The number of hydrogen-bond donors (Lipinski definition) is 1. The van der Waals surface area contributed by atoms with Gasteiger partial charge < -0.3 is 10.0 Å². The quantitative estimate of drug-likeness (QED) is 0.937. The van der Waals surface area contributed by atoms with E-state index in [9.17, 15) is 14.3 Å². The number of amides is 1. The number of benzene rings is 1. The normalized spacial score (nSPS) is 20.8. The van der Waals surface area contributed by atoms with Crippen molar-refractivity contribution >= 4 is 5.91 Å². The SMILES string of the molecule is CC(C)Cn1cc(C(=O)N2CC(O)CC2c2cccc(F)c2)cn1. The summed E-state index contributed by atoms with van der Waals surface area (Å²) in [7, 11) is 0. The lowest BCUT2D eigenvalue weighted by molar-refractivity contribution is 0.0715. The maximum atomic E-state index is 13.5. The van der Waals surface area contributed by atoms with Crippen molar-refractivity contribution in [1.29, 1.82) is 0 Å². The van der Waals surface area contributed by atoms with E-state index >= 15 is 0 Å². The summed E-state index contributed by atoms with van der Waals surface area (Å²) in [5.74, 6) is -0.0941. The third kappa shape index (κ3) is 3.48. The highest BCUT2D eigenvalue weighted by atomic mass is 19.1. The molecule has 1 aliphatic rings. The van der Waals surface area contributed by atoms with E-state index in [0.717, 1.165) is 6.54 Å². The van der Waals surface area contributed by atoms with Crippen LogP contribution in [0, 0.1) is 11.7 Å². The van der Waals surface area contributed by atoms with Crippen molar-refractivity contribution in [2.75, 3.05) is 6.54 Å². The zero-order valence-corrected chi connectivity index (χ0v) is 13.9. The largest absolute Gasteiger partial charge is 0.391 e. The average molecular weight is 331 g/mol. The predicted octanol–water partition coefficient (Wildman–Crippen LogP) is 2.63. The minimum absolute atomic E-state index is 0.184.